The molecule has 0 aliphatic heterocycles. The molecule has 1 heterocycles. The second-order valence-electron chi connectivity index (χ2n) is 5.24. The zero-order valence-corrected chi connectivity index (χ0v) is 13.0. The highest BCUT2D eigenvalue weighted by atomic mass is 16.4. The summed E-state index contributed by atoms with van der Waals surface area (Å²) in [6, 6.07) is 6.25. The van der Waals surface area contributed by atoms with Crippen LogP contribution in [0.25, 0.3) is 10.9 Å². The number of benzene rings is 1. The van der Waals surface area contributed by atoms with Crippen molar-refractivity contribution >= 4 is 22.8 Å². The van der Waals surface area contributed by atoms with Gasteiger partial charge in [0.25, 0.3) is 0 Å². The SMILES string of the molecule is CCC[C@H](N)C(=O)O.N[C@H](Cc1c[nH]c2ccccc12)C(=O)O. The van der Waals surface area contributed by atoms with Crippen molar-refractivity contribution in [1.29, 1.82) is 0 Å². The zero-order chi connectivity index (χ0) is 17.4. The summed E-state index contributed by atoms with van der Waals surface area (Å²) < 4.78 is 0. The zero-order valence-electron chi connectivity index (χ0n) is 13.0. The third-order valence-corrected chi connectivity index (χ3v) is 3.35. The molecule has 7 N–H and O–H groups in total. The standard InChI is InChI=1S/C11H12N2O2.C5H11NO2/c12-9(11(14)15)5-7-6-13-10-4-2-1-3-8(7)10;1-2-3-4(6)5(7)8/h1-4,6,9,13H,5,12H2,(H,14,15);4H,2-3,6H2,1H3,(H,7,8)/t9-;4-/m10/s1. The lowest BCUT2D eigenvalue weighted by Crippen LogP contribution is -2.32. The molecule has 0 saturated heterocycles. The summed E-state index contributed by atoms with van der Waals surface area (Å²) in [5.74, 6) is -1.88. The van der Waals surface area contributed by atoms with Gasteiger partial charge < -0.3 is 26.7 Å². The minimum absolute atomic E-state index is 0.347. The van der Waals surface area contributed by atoms with Crippen LogP contribution in [0.5, 0.6) is 0 Å². The molecule has 0 aliphatic carbocycles. The third-order valence-electron chi connectivity index (χ3n) is 3.35. The van der Waals surface area contributed by atoms with Gasteiger partial charge in [-0.15, -0.1) is 0 Å². The van der Waals surface area contributed by atoms with Crippen LogP contribution in [-0.2, 0) is 16.0 Å². The highest BCUT2D eigenvalue weighted by Crippen LogP contribution is 2.18. The Morgan fingerprint density at radius 1 is 1.13 bits per heavy atom. The van der Waals surface area contributed by atoms with E-state index in [1.807, 2.05) is 37.4 Å². The summed E-state index contributed by atoms with van der Waals surface area (Å²) in [5, 5.41) is 17.9. The third kappa shape index (κ3) is 5.72. The van der Waals surface area contributed by atoms with Crippen molar-refractivity contribution in [2.45, 2.75) is 38.3 Å². The number of carboxylic acid groups (broad SMARTS) is 2. The Hall–Kier alpha value is -2.38. The molecule has 126 valence electrons. The van der Waals surface area contributed by atoms with Crippen LogP contribution in [0.2, 0.25) is 0 Å². The van der Waals surface area contributed by atoms with Gasteiger partial charge >= 0.3 is 11.9 Å². The monoisotopic (exact) mass is 321 g/mol. The lowest BCUT2D eigenvalue weighted by atomic mass is 10.1. The first kappa shape index (κ1) is 18.7. The molecule has 2 rings (SSSR count). The predicted molar refractivity (Wildman–Crippen MR) is 88.1 cm³/mol. The Morgan fingerprint density at radius 3 is 2.26 bits per heavy atom. The lowest BCUT2D eigenvalue weighted by molar-refractivity contribution is -0.139. The average Bonchev–Trinajstić information content (AvgIpc) is 2.91. The number of aromatic nitrogens is 1. The number of rotatable bonds is 6. The molecule has 1 aromatic carbocycles. The van der Waals surface area contributed by atoms with Crippen LogP contribution in [0.3, 0.4) is 0 Å². The number of carbonyl (C=O) groups is 2. The maximum Gasteiger partial charge on any atom is 0.320 e. The van der Waals surface area contributed by atoms with Gasteiger partial charge in [0.05, 0.1) is 0 Å². The normalized spacial score (nSPS) is 13.0. The number of H-pyrrole nitrogens is 1. The predicted octanol–water partition coefficient (Wildman–Crippen LogP) is 1.32. The van der Waals surface area contributed by atoms with Crippen molar-refractivity contribution in [3.8, 4) is 0 Å². The van der Waals surface area contributed by atoms with Crippen LogP contribution in [-0.4, -0.2) is 39.2 Å². The Labute approximate surface area is 134 Å². The number of hydrogen-bond donors (Lipinski definition) is 5. The Balaban J connectivity index is 0.000000284. The molecule has 0 spiro atoms. The van der Waals surface area contributed by atoms with Gasteiger partial charge in [0, 0.05) is 23.5 Å². The Bertz CT molecular complexity index is 654. The molecular formula is C16H23N3O4. The summed E-state index contributed by atoms with van der Waals surface area (Å²) in [6.07, 6.45) is 3.55. The minimum atomic E-state index is -0.972. The molecule has 0 radical (unpaired) electrons. The molecular weight excluding hydrogens is 298 g/mol. The first-order chi connectivity index (χ1) is 10.9. The van der Waals surface area contributed by atoms with Crippen LogP contribution in [0.4, 0.5) is 0 Å². The largest absolute Gasteiger partial charge is 0.480 e. The number of nitrogens with two attached hydrogens (primary N) is 2. The molecule has 2 atom stereocenters. The maximum atomic E-state index is 10.6. The van der Waals surface area contributed by atoms with Gasteiger partial charge in [0.15, 0.2) is 0 Å². The van der Waals surface area contributed by atoms with E-state index >= 15 is 0 Å². The summed E-state index contributed by atoms with van der Waals surface area (Å²) >= 11 is 0. The highest BCUT2D eigenvalue weighted by molar-refractivity contribution is 5.84. The number of hydrogen-bond acceptors (Lipinski definition) is 4. The van der Waals surface area contributed by atoms with Gasteiger partial charge in [-0.1, -0.05) is 31.5 Å². The van der Waals surface area contributed by atoms with E-state index in [0.29, 0.717) is 12.8 Å². The summed E-state index contributed by atoms with van der Waals surface area (Å²) in [5.41, 5.74) is 12.6. The van der Waals surface area contributed by atoms with E-state index in [4.69, 9.17) is 21.7 Å². The van der Waals surface area contributed by atoms with Gasteiger partial charge in [-0.3, -0.25) is 9.59 Å². The lowest BCUT2D eigenvalue weighted by Gasteiger charge is -2.04. The van der Waals surface area contributed by atoms with Crippen molar-refractivity contribution in [3.05, 3.63) is 36.0 Å². The van der Waals surface area contributed by atoms with Crippen molar-refractivity contribution in [3.63, 3.8) is 0 Å². The smallest absolute Gasteiger partial charge is 0.320 e. The van der Waals surface area contributed by atoms with E-state index in [2.05, 4.69) is 4.98 Å². The minimum Gasteiger partial charge on any atom is -0.480 e. The first-order valence-corrected chi connectivity index (χ1v) is 7.38. The molecule has 0 fully saturated rings. The van der Waals surface area contributed by atoms with Crippen LogP contribution < -0.4 is 11.5 Å². The van der Waals surface area contributed by atoms with E-state index in [0.717, 1.165) is 22.9 Å². The quantitative estimate of drug-likeness (QED) is 0.543. The number of fused-ring (bicyclic) bond motifs is 1. The molecule has 2 aromatic rings. The highest BCUT2D eigenvalue weighted by Gasteiger charge is 2.14. The van der Waals surface area contributed by atoms with Gasteiger partial charge in [0.1, 0.15) is 12.1 Å². The number of nitrogens with one attached hydrogen (secondary N) is 1. The van der Waals surface area contributed by atoms with Crippen molar-refractivity contribution in [2.75, 3.05) is 0 Å². The van der Waals surface area contributed by atoms with Crippen molar-refractivity contribution in [1.82, 2.24) is 4.98 Å². The van der Waals surface area contributed by atoms with Gasteiger partial charge in [0.2, 0.25) is 0 Å². The van der Waals surface area contributed by atoms with E-state index in [-0.39, 0.29) is 0 Å². The molecule has 7 nitrogen and oxygen atoms in total. The molecule has 0 unspecified atom stereocenters. The molecule has 0 aliphatic rings. The average molecular weight is 321 g/mol. The van der Waals surface area contributed by atoms with Crippen molar-refractivity contribution < 1.29 is 19.8 Å². The summed E-state index contributed by atoms with van der Waals surface area (Å²) in [4.78, 5) is 23.7. The van der Waals surface area contributed by atoms with Gasteiger partial charge in [-0.2, -0.15) is 0 Å². The molecule has 0 amide bonds. The summed E-state index contributed by atoms with van der Waals surface area (Å²) in [6.45, 7) is 1.91. The number of aliphatic carboxylic acids is 2. The summed E-state index contributed by atoms with van der Waals surface area (Å²) in [7, 11) is 0. The first-order valence-electron chi connectivity index (χ1n) is 7.38. The molecule has 23 heavy (non-hydrogen) atoms. The fourth-order valence-electron chi connectivity index (χ4n) is 2.06. The van der Waals surface area contributed by atoms with E-state index in [1.54, 1.807) is 0 Å². The molecule has 7 heteroatoms. The fraction of sp³-hybridized carbons (Fsp3) is 0.375. The number of carboxylic acids is 2. The van der Waals surface area contributed by atoms with Gasteiger partial charge in [-0.25, -0.2) is 0 Å². The van der Waals surface area contributed by atoms with E-state index in [9.17, 15) is 9.59 Å². The van der Waals surface area contributed by atoms with Crippen LogP contribution in [0.1, 0.15) is 25.3 Å². The van der Waals surface area contributed by atoms with Crippen LogP contribution in [0, 0.1) is 0 Å². The fourth-order valence-corrected chi connectivity index (χ4v) is 2.06. The van der Waals surface area contributed by atoms with Gasteiger partial charge in [-0.05, 0) is 18.1 Å². The molecule has 0 bridgehead atoms. The Morgan fingerprint density at radius 2 is 1.74 bits per heavy atom. The number of para-hydroxylation sites is 1. The second-order valence-corrected chi connectivity index (χ2v) is 5.24. The maximum absolute atomic E-state index is 10.6. The van der Waals surface area contributed by atoms with Crippen molar-refractivity contribution in [2.24, 2.45) is 11.5 Å². The van der Waals surface area contributed by atoms with E-state index in [1.165, 1.54) is 0 Å². The molecule has 0 saturated carbocycles. The molecule has 1 aromatic heterocycles. The number of aromatic amines is 1. The Kier molecular flexibility index (Phi) is 7.24. The van der Waals surface area contributed by atoms with Crippen LogP contribution in [0.15, 0.2) is 30.5 Å². The topological polar surface area (TPSA) is 142 Å². The van der Waals surface area contributed by atoms with E-state index < -0.39 is 24.0 Å². The second kappa shape index (κ2) is 8.92. The van der Waals surface area contributed by atoms with Crippen LogP contribution >= 0.6 is 0 Å².